The van der Waals surface area contributed by atoms with Crippen molar-refractivity contribution in [3.8, 4) is 11.9 Å². The van der Waals surface area contributed by atoms with Crippen LogP contribution in [-0.2, 0) is 11.2 Å². The van der Waals surface area contributed by atoms with Gasteiger partial charge in [-0.3, -0.25) is 4.79 Å². The minimum absolute atomic E-state index is 0.0792. The number of allylic oxidation sites excluding steroid dienone is 1. The average Bonchev–Trinajstić information content (AvgIpc) is 2.82. The van der Waals surface area contributed by atoms with Gasteiger partial charge >= 0.3 is 0 Å². The molecule has 2 heterocycles. The molecule has 0 saturated heterocycles. The molecule has 0 bridgehead atoms. The lowest BCUT2D eigenvalue weighted by molar-refractivity contribution is -0.114. The smallest absolute Gasteiger partial charge is 0.259 e. The summed E-state index contributed by atoms with van der Waals surface area (Å²) in [6, 6.07) is 1.78. The van der Waals surface area contributed by atoms with Gasteiger partial charge in [-0.2, -0.15) is 5.26 Å². The molecule has 0 aliphatic rings. The Balaban J connectivity index is 2.44. The first-order valence-corrected chi connectivity index (χ1v) is 6.72. The monoisotopic (exact) mass is 299 g/mol. The van der Waals surface area contributed by atoms with Crippen molar-refractivity contribution in [1.82, 2.24) is 15.0 Å². The number of aromatic nitrogens is 3. The van der Waals surface area contributed by atoms with E-state index in [0.717, 1.165) is 10.9 Å². The van der Waals surface area contributed by atoms with Crippen LogP contribution in [0.2, 0.25) is 0 Å². The molecule has 7 nitrogen and oxygen atoms in total. The maximum Gasteiger partial charge on any atom is 0.259 e. The summed E-state index contributed by atoms with van der Waals surface area (Å²) in [5.41, 5.74) is 6.10. The molecule has 2 rings (SSSR count). The molecule has 0 aromatic carbocycles. The van der Waals surface area contributed by atoms with Crippen molar-refractivity contribution in [2.75, 3.05) is 0 Å². The first kappa shape index (κ1) is 15.5. The number of carbonyl (C=O) groups is 1. The average molecular weight is 299 g/mol. The highest BCUT2D eigenvalue weighted by Gasteiger charge is 2.18. The summed E-state index contributed by atoms with van der Waals surface area (Å²) in [7, 11) is 0. The summed E-state index contributed by atoms with van der Waals surface area (Å²) >= 11 is 0. The van der Waals surface area contributed by atoms with Crippen LogP contribution in [0.1, 0.15) is 26.3 Å². The van der Waals surface area contributed by atoms with Crippen molar-refractivity contribution in [2.45, 2.75) is 32.8 Å². The summed E-state index contributed by atoms with van der Waals surface area (Å²) in [6.45, 7) is 5.77. The van der Waals surface area contributed by atoms with E-state index >= 15 is 0 Å². The zero-order chi connectivity index (χ0) is 16.3. The van der Waals surface area contributed by atoms with E-state index in [1.165, 1.54) is 12.4 Å². The topological polar surface area (TPSA) is 118 Å². The van der Waals surface area contributed by atoms with E-state index in [-0.39, 0.29) is 5.57 Å². The lowest BCUT2D eigenvalue weighted by atomic mass is 10.1. The van der Waals surface area contributed by atoms with Crippen LogP contribution in [0, 0.1) is 11.3 Å². The second-order valence-electron chi connectivity index (χ2n) is 5.73. The third-order valence-corrected chi connectivity index (χ3v) is 2.83. The van der Waals surface area contributed by atoms with Crippen LogP contribution >= 0.6 is 0 Å². The maximum atomic E-state index is 11.1. The third-order valence-electron chi connectivity index (χ3n) is 2.83. The van der Waals surface area contributed by atoms with E-state index < -0.39 is 11.5 Å². The SMILES string of the molecule is CC(C)(C)Oc1ncnc2[nH]cc(C/C=C(\C#N)C(N)=O)c12. The number of carbonyl (C=O) groups excluding carboxylic acids is 1. The molecular formula is C15H17N5O2. The number of nitrogens with zero attached hydrogens (tertiary/aromatic N) is 3. The number of nitriles is 1. The van der Waals surface area contributed by atoms with Crippen molar-refractivity contribution in [3.05, 3.63) is 29.7 Å². The summed E-state index contributed by atoms with van der Waals surface area (Å²) in [4.78, 5) is 22.4. The Morgan fingerprint density at radius 3 is 2.82 bits per heavy atom. The van der Waals surface area contributed by atoms with Crippen molar-refractivity contribution < 1.29 is 9.53 Å². The van der Waals surface area contributed by atoms with E-state index in [0.29, 0.717) is 17.9 Å². The van der Waals surface area contributed by atoms with Gasteiger partial charge in [0.25, 0.3) is 5.91 Å². The molecule has 3 N–H and O–H groups in total. The summed E-state index contributed by atoms with van der Waals surface area (Å²) in [6.07, 6.45) is 5.00. The highest BCUT2D eigenvalue weighted by molar-refractivity contribution is 5.96. The molecule has 7 heteroatoms. The Morgan fingerprint density at radius 1 is 1.50 bits per heavy atom. The molecule has 0 fully saturated rings. The molecule has 0 spiro atoms. The Labute approximate surface area is 127 Å². The molecule has 22 heavy (non-hydrogen) atoms. The summed E-state index contributed by atoms with van der Waals surface area (Å²) in [5, 5.41) is 9.60. The number of rotatable bonds is 4. The highest BCUT2D eigenvalue weighted by atomic mass is 16.5. The van der Waals surface area contributed by atoms with Crippen LogP contribution in [0.25, 0.3) is 11.0 Å². The molecule has 0 saturated carbocycles. The number of hydrogen-bond acceptors (Lipinski definition) is 5. The van der Waals surface area contributed by atoms with Gasteiger partial charge in [-0.25, -0.2) is 9.97 Å². The minimum atomic E-state index is -0.746. The highest BCUT2D eigenvalue weighted by Crippen LogP contribution is 2.28. The number of amides is 1. The normalized spacial score (nSPS) is 12.2. The number of aromatic amines is 1. The number of H-pyrrole nitrogens is 1. The van der Waals surface area contributed by atoms with Gasteiger partial charge in [-0.05, 0) is 32.8 Å². The van der Waals surface area contributed by atoms with Crippen LogP contribution < -0.4 is 10.5 Å². The van der Waals surface area contributed by atoms with E-state index in [2.05, 4.69) is 15.0 Å². The molecule has 0 aliphatic carbocycles. The van der Waals surface area contributed by atoms with E-state index in [1.54, 1.807) is 12.3 Å². The summed E-state index contributed by atoms with van der Waals surface area (Å²) in [5.74, 6) is -0.288. The first-order valence-electron chi connectivity index (χ1n) is 6.72. The van der Waals surface area contributed by atoms with Crippen molar-refractivity contribution >= 4 is 16.9 Å². The van der Waals surface area contributed by atoms with Gasteiger partial charge in [0.2, 0.25) is 5.88 Å². The molecule has 2 aromatic heterocycles. The van der Waals surface area contributed by atoms with E-state index in [1.807, 2.05) is 20.8 Å². The van der Waals surface area contributed by atoms with Gasteiger partial charge in [-0.15, -0.1) is 0 Å². The Bertz CT molecular complexity index is 777. The van der Waals surface area contributed by atoms with E-state index in [9.17, 15) is 4.79 Å². The number of nitrogens with two attached hydrogens (primary N) is 1. The predicted molar refractivity (Wildman–Crippen MR) is 80.9 cm³/mol. The fourth-order valence-electron chi connectivity index (χ4n) is 1.94. The quantitative estimate of drug-likeness (QED) is 0.657. The Morgan fingerprint density at radius 2 is 2.23 bits per heavy atom. The Hall–Kier alpha value is -2.88. The minimum Gasteiger partial charge on any atom is -0.471 e. The zero-order valence-electron chi connectivity index (χ0n) is 12.7. The third kappa shape index (κ3) is 3.41. The van der Waals surface area contributed by atoms with Gasteiger partial charge in [-0.1, -0.05) is 6.08 Å². The fraction of sp³-hybridized carbons (Fsp3) is 0.333. The molecule has 2 aromatic rings. The number of primary amides is 1. The van der Waals surface area contributed by atoms with Crippen LogP contribution in [0.15, 0.2) is 24.2 Å². The van der Waals surface area contributed by atoms with Gasteiger partial charge < -0.3 is 15.5 Å². The zero-order valence-corrected chi connectivity index (χ0v) is 12.7. The van der Waals surface area contributed by atoms with Gasteiger partial charge in [0.15, 0.2) is 0 Å². The van der Waals surface area contributed by atoms with Crippen molar-refractivity contribution in [3.63, 3.8) is 0 Å². The largest absolute Gasteiger partial charge is 0.471 e. The molecule has 1 amide bonds. The van der Waals surface area contributed by atoms with Crippen molar-refractivity contribution in [2.24, 2.45) is 5.73 Å². The molecule has 0 atom stereocenters. The Kier molecular flexibility index (Phi) is 4.13. The molecule has 114 valence electrons. The van der Waals surface area contributed by atoms with Gasteiger partial charge in [0.05, 0.1) is 5.39 Å². The maximum absolute atomic E-state index is 11.1. The molecule has 0 aliphatic heterocycles. The lowest BCUT2D eigenvalue weighted by Gasteiger charge is -2.20. The standard InChI is InChI=1S/C15H17N5O2/c1-15(2,3)22-14-11-10(5-4-9(6-16)12(17)21)7-18-13(11)19-8-20-14/h4,7-8H,5H2,1-3H3,(H2,17,21)(H,18,19,20)/b9-4+. The predicted octanol–water partition coefficient (Wildman–Crippen LogP) is 1.61. The molecular weight excluding hydrogens is 282 g/mol. The first-order chi connectivity index (χ1) is 10.3. The number of hydrogen-bond donors (Lipinski definition) is 2. The van der Waals surface area contributed by atoms with Gasteiger partial charge in [0.1, 0.15) is 29.2 Å². The molecule has 0 unspecified atom stereocenters. The van der Waals surface area contributed by atoms with Crippen LogP contribution in [-0.4, -0.2) is 26.5 Å². The van der Waals surface area contributed by atoms with Crippen LogP contribution in [0.3, 0.4) is 0 Å². The fourth-order valence-corrected chi connectivity index (χ4v) is 1.94. The number of fused-ring (bicyclic) bond motifs is 1. The number of ether oxygens (including phenoxy) is 1. The summed E-state index contributed by atoms with van der Waals surface area (Å²) < 4.78 is 5.85. The lowest BCUT2D eigenvalue weighted by Crippen LogP contribution is -2.23. The van der Waals surface area contributed by atoms with Gasteiger partial charge in [0, 0.05) is 6.20 Å². The second-order valence-corrected chi connectivity index (χ2v) is 5.73. The molecule has 0 radical (unpaired) electrons. The number of nitrogens with one attached hydrogen (secondary N) is 1. The second kappa shape index (κ2) is 5.85. The van der Waals surface area contributed by atoms with Crippen LogP contribution in [0.4, 0.5) is 0 Å². The van der Waals surface area contributed by atoms with Crippen LogP contribution in [0.5, 0.6) is 5.88 Å². The van der Waals surface area contributed by atoms with E-state index in [4.69, 9.17) is 15.7 Å². The van der Waals surface area contributed by atoms with Crippen molar-refractivity contribution in [1.29, 1.82) is 5.26 Å².